The van der Waals surface area contributed by atoms with Gasteiger partial charge in [-0.25, -0.2) is 8.78 Å². The van der Waals surface area contributed by atoms with E-state index in [1.165, 1.54) is 6.07 Å². The van der Waals surface area contributed by atoms with E-state index >= 15 is 0 Å². The van der Waals surface area contributed by atoms with Gasteiger partial charge in [0.05, 0.1) is 11.3 Å². The van der Waals surface area contributed by atoms with Crippen molar-refractivity contribution in [3.05, 3.63) is 29.8 Å². The van der Waals surface area contributed by atoms with Crippen LogP contribution in [-0.2, 0) is 4.74 Å². The van der Waals surface area contributed by atoms with Gasteiger partial charge in [0.1, 0.15) is 18.4 Å². The van der Waals surface area contributed by atoms with E-state index in [-0.39, 0.29) is 5.60 Å². The average Bonchev–Trinajstić information content (AvgIpc) is 3.16. The Kier molecular flexibility index (Phi) is 3.66. The summed E-state index contributed by atoms with van der Waals surface area (Å²) in [6, 6.07) is 4.57. The molecule has 3 nitrogen and oxygen atoms in total. The quantitative estimate of drug-likeness (QED) is 0.853. The van der Waals surface area contributed by atoms with Crippen LogP contribution in [0.4, 0.5) is 14.5 Å². The lowest BCUT2D eigenvalue weighted by atomic mass is 10.2. The van der Waals surface area contributed by atoms with Gasteiger partial charge in [-0.05, 0) is 39.3 Å². The molecule has 2 aliphatic rings. The second kappa shape index (κ2) is 5.21. The highest BCUT2D eigenvalue weighted by Gasteiger charge is 2.49. The van der Waals surface area contributed by atoms with E-state index in [2.05, 4.69) is 9.80 Å². The molecular weight excluding hydrogens is 274 g/mol. The van der Waals surface area contributed by atoms with Gasteiger partial charge < -0.3 is 9.64 Å². The number of nitrogens with zero attached hydrogens (tertiary/aromatic N) is 2. The second-order valence-corrected chi connectivity index (χ2v) is 6.86. The van der Waals surface area contributed by atoms with Crippen molar-refractivity contribution in [3.8, 4) is 0 Å². The first-order valence-electron chi connectivity index (χ1n) is 7.45. The van der Waals surface area contributed by atoms with Crippen LogP contribution in [0.25, 0.3) is 0 Å². The summed E-state index contributed by atoms with van der Waals surface area (Å²) in [5.74, 6) is -0.999. The smallest absolute Gasteiger partial charge is 0.149 e. The van der Waals surface area contributed by atoms with Crippen LogP contribution in [0.2, 0.25) is 0 Å². The largest absolute Gasteiger partial charge is 0.363 e. The number of piperazine rings is 1. The predicted molar refractivity (Wildman–Crippen MR) is 78.3 cm³/mol. The molecule has 0 bridgehead atoms. The molecule has 1 aliphatic heterocycles. The maximum absolute atomic E-state index is 13.9. The molecule has 1 saturated heterocycles. The number of benzene rings is 1. The van der Waals surface area contributed by atoms with E-state index in [9.17, 15) is 8.78 Å². The molecule has 3 rings (SSSR count). The summed E-state index contributed by atoms with van der Waals surface area (Å²) in [4.78, 5) is 4.38. The molecule has 1 aromatic carbocycles. The molecule has 116 valence electrons. The molecule has 0 aromatic heterocycles. The summed E-state index contributed by atoms with van der Waals surface area (Å²) in [6.45, 7) is 8.33. The van der Waals surface area contributed by atoms with Gasteiger partial charge in [-0.1, -0.05) is 0 Å². The van der Waals surface area contributed by atoms with Gasteiger partial charge in [0.25, 0.3) is 0 Å². The third-order valence-electron chi connectivity index (χ3n) is 4.10. The number of hydrogen-bond acceptors (Lipinski definition) is 3. The lowest BCUT2D eigenvalue weighted by molar-refractivity contribution is -0.0680. The van der Waals surface area contributed by atoms with Crippen molar-refractivity contribution in [1.29, 1.82) is 0 Å². The molecule has 21 heavy (non-hydrogen) atoms. The third-order valence-corrected chi connectivity index (χ3v) is 4.10. The summed E-state index contributed by atoms with van der Waals surface area (Å²) in [5, 5.41) is 0. The number of rotatable bonds is 3. The minimum Gasteiger partial charge on any atom is -0.363 e. The minimum atomic E-state index is -0.527. The number of hydrogen-bond donors (Lipinski definition) is 0. The molecule has 2 unspecified atom stereocenters. The Morgan fingerprint density at radius 3 is 2.62 bits per heavy atom. The SMILES string of the molecule is CC(C)(C)OCN1CCN(c2ccc(F)cc2F)C2CC21. The summed E-state index contributed by atoms with van der Waals surface area (Å²) < 4.78 is 32.8. The van der Waals surface area contributed by atoms with Gasteiger partial charge >= 0.3 is 0 Å². The summed E-state index contributed by atoms with van der Waals surface area (Å²) in [6.07, 6.45) is 1.02. The average molecular weight is 296 g/mol. The molecular formula is C16H22F2N2O. The minimum absolute atomic E-state index is 0.148. The van der Waals surface area contributed by atoms with Gasteiger partial charge in [-0.3, -0.25) is 4.90 Å². The zero-order valence-corrected chi connectivity index (χ0v) is 12.8. The molecule has 0 radical (unpaired) electrons. The molecule has 0 spiro atoms. The topological polar surface area (TPSA) is 15.7 Å². The van der Waals surface area contributed by atoms with Gasteiger partial charge in [0.2, 0.25) is 0 Å². The van der Waals surface area contributed by atoms with Crippen molar-refractivity contribution >= 4 is 5.69 Å². The van der Waals surface area contributed by atoms with E-state index < -0.39 is 11.6 Å². The van der Waals surface area contributed by atoms with E-state index in [0.29, 0.717) is 24.5 Å². The third kappa shape index (κ3) is 3.19. The highest BCUT2D eigenvalue weighted by atomic mass is 19.1. The Morgan fingerprint density at radius 2 is 1.95 bits per heavy atom. The van der Waals surface area contributed by atoms with Crippen LogP contribution in [0.3, 0.4) is 0 Å². The van der Waals surface area contributed by atoms with Crippen LogP contribution < -0.4 is 4.90 Å². The fourth-order valence-corrected chi connectivity index (χ4v) is 2.91. The van der Waals surface area contributed by atoms with Crippen LogP contribution in [0.5, 0.6) is 0 Å². The summed E-state index contributed by atoms with van der Waals surface area (Å²) >= 11 is 0. The standard InChI is InChI=1S/C16H22F2N2O/c1-16(2,3)21-10-19-6-7-20(15-9-14(15)19)13-5-4-11(17)8-12(13)18/h4-5,8,14-15H,6-7,9-10H2,1-3H3. The maximum atomic E-state index is 13.9. The molecule has 1 heterocycles. The Bertz CT molecular complexity index is 529. The number of anilines is 1. The van der Waals surface area contributed by atoms with Crippen LogP contribution in [0.1, 0.15) is 27.2 Å². The van der Waals surface area contributed by atoms with E-state index in [4.69, 9.17) is 4.74 Å². The molecule has 0 N–H and O–H groups in total. The number of halogens is 2. The highest BCUT2D eigenvalue weighted by molar-refractivity contribution is 5.51. The molecule has 5 heteroatoms. The van der Waals surface area contributed by atoms with Crippen LogP contribution in [0.15, 0.2) is 18.2 Å². The lowest BCUT2D eigenvalue weighted by Gasteiger charge is -2.36. The molecule has 1 saturated carbocycles. The van der Waals surface area contributed by atoms with E-state index in [1.807, 2.05) is 20.8 Å². The Hall–Kier alpha value is -1.20. The Balaban J connectivity index is 1.64. The molecule has 1 aliphatic carbocycles. The second-order valence-electron chi connectivity index (χ2n) is 6.86. The normalized spacial score (nSPS) is 25.9. The molecule has 2 fully saturated rings. The van der Waals surface area contributed by atoms with Crippen LogP contribution in [-0.4, -0.2) is 42.4 Å². The summed E-state index contributed by atoms with van der Waals surface area (Å²) in [5.41, 5.74) is 0.366. The van der Waals surface area contributed by atoms with Gasteiger partial charge in [0, 0.05) is 31.2 Å². The zero-order chi connectivity index (χ0) is 15.2. The van der Waals surface area contributed by atoms with E-state index in [1.54, 1.807) is 6.07 Å². The van der Waals surface area contributed by atoms with Crippen molar-refractivity contribution in [2.24, 2.45) is 0 Å². The van der Waals surface area contributed by atoms with E-state index in [0.717, 1.165) is 25.6 Å². The van der Waals surface area contributed by atoms with Crippen LogP contribution >= 0.6 is 0 Å². The fourth-order valence-electron chi connectivity index (χ4n) is 2.91. The fraction of sp³-hybridized carbons (Fsp3) is 0.625. The number of fused-ring (bicyclic) bond motifs is 1. The van der Waals surface area contributed by atoms with Crippen LogP contribution in [0, 0.1) is 11.6 Å². The van der Waals surface area contributed by atoms with Gasteiger partial charge in [-0.2, -0.15) is 0 Å². The van der Waals surface area contributed by atoms with Crippen molar-refractivity contribution in [2.75, 3.05) is 24.7 Å². The Labute approximate surface area is 124 Å². The van der Waals surface area contributed by atoms with Crippen molar-refractivity contribution in [3.63, 3.8) is 0 Å². The predicted octanol–water partition coefficient (Wildman–Crippen LogP) is 3.00. The summed E-state index contributed by atoms with van der Waals surface area (Å²) in [7, 11) is 0. The Morgan fingerprint density at radius 1 is 1.19 bits per heavy atom. The molecule has 1 aromatic rings. The maximum Gasteiger partial charge on any atom is 0.149 e. The lowest BCUT2D eigenvalue weighted by Crippen LogP contribution is -2.48. The number of ether oxygens (including phenoxy) is 1. The highest BCUT2D eigenvalue weighted by Crippen LogP contribution is 2.40. The zero-order valence-electron chi connectivity index (χ0n) is 12.8. The van der Waals surface area contributed by atoms with Crippen molar-refractivity contribution < 1.29 is 13.5 Å². The van der Waals surface area contributed by atoms with Gasteiger partial charge in [-0.15, -0.1) is 0 Å². The first kappa shape index (κ1) is 14.7. The van der Waals surface area contributed by atoms with Crippen molar-refractivity contribution in [2.45, 2.75) is 44.9 Å². The van der Waals surface area contributed by atoms with Crippen molar-refractivity contribution in [1.82, 2.24) is 4.90 Å². The molecule has 0 amide bonds. The van der Waals surface area contributed by atoms with Gasteiger partial charge in [0.15, 0.2) is 0 Å². The first-order valence-corrected chi connectivity index (χ1v) is 7.45. The first-order chi connectivity index (χ1) is 9.85. The monoisotopic (exact) mass is 296 g/mol. The molecule has 2 atom stereocenters.